The summed E-state index contributed by atoms with van der Waals surface area (Å²) in [6.45, 7) is 6.01. The van der Waals surface area contributed by atoms with Gasteiger partial charge in [0.25, 0.3) is 0 Å². The van der Waals surface area contributed by atoms with Gasteiger partial charge in [0, 0.05) is 16.7 Å². The van der Waals surface area contributed by atoms with E-state index in [0.717, 1.165) is 44.9 Å². The molecule has 3 aromatic carbocycles. The quantitative estimate of drug-likeness (QED) is 0.583. The highest BCUT2D eigenvalue weighted by molar-refractivity contribution is 5.90. The third-order valence-electron chi connectivity index (χ3n) is 5.18. The summed E-state index contributed by atoms with van der Waals surface area (Å²) >= 11 is 0. The molecule has 1 radical (unpaired) electrons. The molecule has 3 rings (SSSR count). The van der Waals surface area contributed by atoms with E-state index in [4.69, 9.17) is 14.2 Å². The molecule has 0 aliphatic heterocycles. The molecule has 0 aromatic heterocycles. The van der Waals surface area contributed by atoms with Gasteiger partial charge in [0.2, 0.25) is 0 Å². The second-order valence-electron chi connectivity index (χ2n) is 6.96. The van der Waals surface area contributed by atoms with Crippen LogP contribution in [0.1, 0.15) is 23.6 Å². The summed E-state index contributed by atoms with van der Waals surface area (Å²) < 4.78 is 16.3. The van der Waals surface area contributed by atoms with Crippen molar-refractivity contribution in [1.29, 1.82) is 0 Å². The fourth-order valence-corrected chi connectivity index (χ4v) is 3.68. The highest BCUT2D eigenvalue weighted by Gasteiger charge is 2.21. The van der Waals surface area contributed by atoms with Gasteiger partial charge in [-0.15, -0.1) is 0 Å². The second-order valence-corrected chi connectivity index (χ2v) is 6.96. The zero-order chi connectivity index (χ0) is 21.1. The molecule has 3 aromatic rings. The van der Waals surface area contributed by atoms with Crippen molar-refractivity contribution in [2.75, 3.05) is 21.3 Å². The molecule has 4 heteroatoms. The van der Waals surface area contributed by atoms with E-state index in [-0.39, 0.29) is 5.75 Å². The van der Waals surface area contributed by atoms with Crippen LogP contribution in [0.2, 0.25) is 0 Å². The van der Waals surface area contributed by atoms with Gasteiger partial charge in [0.05, 0.1) is 21.3 Å². The standard InChI is InChI=1S/C25H27O4/c1-7-17-14-20(18-8-10-21(27-4)15(2)12-18)23(24(26)25(17)29-6)19-9-11-22(28-5)16(3)13-19/h8-13,26H,7H2,1-6H3. The SMILES string of the molecule is CCc1[c]c(-c2ccc(OC)c(C)c2)c(-c2ccc(OC)c(C)c2)c(O)c1OC. The maximum atomic E-state index is 11.2. The Balaban J connectivity index is 2.33. The van der Waals surface area contributed by atoms with Gasteiger partial charge >= 0.3 is 0 Å². The minimum Gasteiger partial charge on any atom is -0.504 e. The normalized spacial score (nSPS) is 10.7. The first-order chi connectivity index (χ1) is 13.9. The van der Waals surface area contributed by atoms with Crippen molar-refractivity contribution in [2.24, 2.45) is 0 Å². The van der Waals surface area contributed by atoms with Crippen LogP contribution < -0.4 is 14.2 Å². The summed E-state index contributed by atoms with van der Waals surface area (Å²) in [5, 5.41) is 11.2. The van der Waals surface area contributed by atoms with Gasteiger partial charge in [-0.05, 0) is 72.9 Å². The molecule has 0 saturated heterocycles. The largest absolute Gasteiger partial charge is 0.504 e. The van der Waals surface area contributed by atoms with E-state index in [9.17, 15) is 5.11 Å². The third-order valence-corrected chi connectivity index (χ3v) is 5.18. The van der Waals surface area contributed by atoms with Gasteiger partial charge in [0.15, 0.2) is 11.5 Å². The van der Waals surface area contributed by atoms with E-state index < -0.39 is 0 Å². The lowest BCUT2D eigenvalue weighted by molar-refractivity contribution is 0.370. The van der Waals surface area contributed by atoms with Crippen molar-refractivity contribution < 1.29 is 19.3 Å². The van der Waals surface area contributed by atoms with E-state index >= 15 is 0 Å². The Hall–Kier alpha value is -3.14. The molecule has 0 bridgehead atoms. The van der Waals surface area contributed by atoms with Crippen LogP contribution in [0.25, 0.3) is 22.3 Å². The molecule has 4 nitrogen and oxygen atoms in total. The molecule has 0 aliphatic carbocycles. The highest BCUT2D eigenvalue weighted by Crippen LogP contribution is 2.47. The first kappa shape index (κ1) is 20.6. The van der Waals surface area contributed by atoms with E-state index in [1.165, 1.54) is 0 Å². The summed E-state index contributed by atoms with van der Waals surface area (Å²) in [5.74, 6) is 2.21. The molecule has 0 unspecified atom stereocenters. The molecular weight excluding hydrogens is 364 g/mol. The number of aromatic hydroxyl groups is 1. The maximum Gasteiger partial charge on any atom is 0.166 e. The van der Waals surface area contributed by atoms with Crippen LogP contribution in [0.15, 0.2) is 36.4 Å². The number of methoxy groups -OCH3 is 3. The van der Waals surface area contributed by atoms with Crippen LogP contribution in [0, 0.1) is 19.9 Å². The van der Waals surface area contributed by atoms with Crippen molar-refractivity contribution in [3.05, 3.63) is 59.2 Å². The summed E-state index contributed by atoms with van der Waals surface area (Å²) in [7, 11) is 4.88. The molecule has 0 aliphatic rings. The first-order valence-corrected chi connectivity index (χ1v) is 9.60. The fraction of sp³-hybridized carbons (Fsp3) is 0.280. The highest BCUT2D eigenvalue weighted by atomic mass is 16.5. The van der Waals surface area contributed by atoms with Crippen molar-refractivity contribution >= 4 is 0 Å². The molecule has 1 N–H and O–H groups in total. The number of rotatable bonds is 6. The number of phenolic OH excluding ortho intramolecular Hbond substituents is 1. The van der Waals surface area contributed by atoms with Crippen molar-refractivity contribution in [1.82, 2.24) is 0 Å². The minimum absolute atomic E-state index is 0.121. The smallest absolute Gasteiger partial charge is 0.166 e. The Morgan fingerprint density at radius 1 is 0.828 bits per heavy atom. The predicted octanol–water partition coefficient (Wildman–Crippen LogP) is 5.73. The summed E-state index contributed by atoms with van der Waals surface area (Å²) in [5.41, 5.74) is 6.19. The van der Waals surface area contributed by atoms with Crippen LogP contribution >= 0.6 is 0 Å². The molecule has 29 heavy (non-hydrogen) atoms. The number of benzene rings is 3. The van der Waals surface area contributed by atoms with Crippen molar-refractivity contribution in [3.8, 4) is 45.3 Å². The first-order valence-electron chi connectivity index (χ1n) is 9.60. The molecule has 0 saturated carbocycles. The molecule has 0 amide bonds. The van der Waals surface area contributed by atoms with Gasteiger partial charge in [0.1, 0.15) is 11.5 Å². The lowest BCUT2D eigenvalue weighted by Crippen LogP contribution is -1.98. The van der Waals surface area contributed by atoms with Gasteiger partial charge in [-0.1, -0.05) is 19.1 Å². The Morgan fingerprint density at radius 3 is 1.86 bits per heavy atom. The van der Waals surface area contributed by atoms with Crippen LogP contribution in [0.3, 0.4) is 0 Å². The molecule has 0 fully saturated rings. The Morgan fingerprint density at radius 2 is 1.38 bits per heavy atom. The fourth-order valence-electron chi connectivity index (χ4n) is 3.68. The molecule has 0 spiro atoms. The lowest BCUT2D eigenvalue weighted by Gasteiger charge is -2.19. The minimum atomic E-state index is 0.121. The van der Waals surface area contributed by atoms with Crippen molar-refractivity contribution in [3.63, 3.8) is 0 Å². The van der Waals surface area contributed by atoms with Gasteiger partial charge in [-0.2, -0.15) is 0 Å². The summed E-state index contributed by atoms with van der Waals surface area (Å²) in [6.07, 6.45) is 0.695. The monoisotopic (exact) mass is 391 g/mol. The number of phenols is 1. The molecule has 151 valence electrons. The molecule has 0 heterocycles. The predicted molar refractivity (Wildman–Crippen MR) is 116 cm³/mol. The second kappa shape index (κ2) is 8.48. The zero-order valence-electron chi connectivity index (χ0n) is 17.8. The zero-order valence-corrected chi connectivity index (χ0v) is 17.8. The number of hydrogen-bond acceptors (Lipinski definition) is 4. The van der Waals surface area contributed by atoms with Gasteiger partial charge in [-0.25, -0.2) is 0 Å². The maximum absolute atomic E-state index is 11.2. The average Bonchev–Trinajstić information content (AvgIpc) is 2.72. The van der Waals surface area contributed by atoms with E-state index in [1.54, 1.807) is 21.3 Å². The Labute approximate surface area is 172 Å². The van der Waals surface area contributed by atoms with E-state index in [0.29, 0.717) is 17.7 Å². The Bertz CT molecular complexity index is 1040. The topological polar surface area (TPSA) is 47.9 Å². The van der Waals surface area contributed by atoms with Crippen LogP contribution in [-0.4, -0.2) is 26.4 Å². The Kier molecular flexibility index (Phi) is 6.02. The van der Waals surface area contributed by atoms with Crippen LogP contribution in [0.4, 0.5) is 0 Å². The average molecular weight is 391 g/mol. The third kappa shape index (κ3) is 3.75. The van der Waals surface area contributed by atoms with Gasteiger partial charge < -0.3 is 19.3 Å². The number of aryl methyl sites for hydroxylation is 3. The van der Waals surface area contributed by atoms with Crippen LogP contribution in [0.5, 0.6) is 23.0 Å². The number of ether oxygens (including phenoxy) is 3. The summed E-state index contributed by atoms with van der Waals surface area (Å²) in [6, 6.07) is 15.3. The van der Waals surface area contributed by atoms with Crippen molar-refractivity contribution in [2.45, 2.75) is 27.2 Å². The lowest BCUT2D eigenvalue weighted by atomic mass is 9.89. The number of hydrogen-bond donors (Lipinski definition) is 1. The van der Waals surface area contributed by atoms with Gasteiger partial charge in [-0.3, -0.25) is 0 Å². The molecular formula is C25H27O4. The molecule has 0 atom stereocenters. The van der Waals surface area contributed by atoms with E-state index in [1.807, 2.05) is 51.1 Å². The summed E-state index contributed by atoms with van der Waals surface area (Å²) in [4.78, 5) is 0. The van der Waals surface area contributed by atoms with Crippen LogP contribution in [-0.2, 0) is 6.42 Å². The van der Waals surface area contributed by atoms with E-state index in [2.05, 4.69) is 12.1 Å².